The lowest BCUT2D eigenvalue weighted by molar-refractivity contribution is 0.251. The van der Waals surface area contributed by atoms with Crippen LogP contribution in [0.2, 0.25) is 0 Å². The van der Waals surface area contributed by atoms with Crippen molar-refractivity contribution in [2.24, 2.45) is 0 Å². The van der Waals surface area contributed by atoms with Gasteiger partial charge in [0.05, 0.1) is 27.0 Å². The van der Waals surface area contributed by atoms with Crippen LogP contribution < -0.4 is 19.1 Å². The second-order valence-electron chi connectivity index (χ2n) is 8.21. The number of unbranched alkanes of at least 4 members (excludes halogenated alkanes) is 1. The van der Waals surface area contributed by atoms with Crippen molar-refractivity contribution in [2.45, 2.75) is 19.3 Å². The van der Waals surface area contributed by atoms with Crippen molar-refractivity contribution < 1.29 is 18.7 Å². The predicted molar refractivity (Wildman–Crippen MR) is 137 cm³/mol. The highest BCUT2D eigenvalue weighted by atomic mass is 35.5. The molecule has 8 heteroatoms. The number of hydrogen-bond acceptors (Lipinski definition) is 7. The fourth-order valence-electron chi connectivity index (χ4n) is 4.30. The topological polar surface area (TPSA) is 60.2 Å². The molecule has 2 aromatic carbocycles. The van der Waals surface area contributed by atoms with E-state index in [1.807, 2.05) is 36.4 Å². The van der Waals surface area contributed by atoms with E-state index in [1.165, 1.54) is 5.69 Å². The number of ether oxygens (including phenoxy) is 3. The van der Waals surface area contributed by atoms with Gasteiger partial charge in [0, 0.05) is 44.2 Å². The van der Waals surface area contributed by atoms with Gasteiger partial charge >= 0.3 is 0 Å². The standard InChI is InChI=1S/C26H33N3O4.ClH/c1-30-24-10-5-4-9-23(24)29-16-14-28(15-17-29)13-7-6-8-21-19-22(27-33-21)20-11-12-25(31-2)26(18-20)32-3;/h4-5,9-12,18-19H,6-8,13-17H2,1-3H3;1H. The van der Waals surface area contributed by atoms with E-state index in [0.29, 0.717) is 11.5 Å². The Hall–Kier alpha value is -2.90. The number of aryl methyl sites for hydroxylation is 1. The Morgan fingerprint density at radius 2 is 1.56 bits per heavy atom. The second kappa shape index (κ2) is 12.5. The summed E-state index contributed by atoms with van der Waals surface area (Å²) < 4.78 is 21.8. The van der Waals surface area contributed by atoms with Crippen LogP contribution in [0, 0.1) is 0 Å². The number of rotatable bonds is 10. The molecule has 4 rings (SSSR count). The molecule has 2 heterocycles. The Labute approximate surface area is 208 Å². The zero-order valence-electron chi connectivity index (χ0n) is 20.2. The lowest BCUT2D eigenvalue weighted by atomic mass is 10.1. The summed E-state index contributed by atoms with van der Waals surface area (Å²) in [5.41, 5.74) is 2.96. The van der Waals surface area contributed by atoms with Crippen LogP contribution in [-0.4, -0.2) is 64.1 Å². The molecule has 0 amide bonds. The highest BCUT2D eigenvalue weighted by Gasteiger charge is 2.19. The summed E-state index contributed by atoms with van der Waals surface area (Å²) in [6, 6.07) is 16.1. The molecule has 0 N–H and O–H groups in total. The lowest BCUT2D eigenvalue weighted by Crippen LogP contribution is -2.46. The van der Waals surface area contributed by atoms with Gasteiger partial charge in [0.2, 0.25) is 0 Å². The van der Waals surface area contributed by atoms with Crippen LogP contribution in [0.1, 0.15) is 18.6 Å². The highest BCUT2D eigenvalue weighted by molar-refractivity contribution is 5.85. The zero-order chi connectivity index (χ0) is 23.0. The van der Waals surface area contributed by atoms with Crippen LogP contribution in [0.25, 0.3) is 11.3 Å². The van der Waals surface area contributed by atoms with Gasteiger partial charge in [0.1, 0.15) is 17.2 Å². The molecule has 0 spiro atoms. The van der Waals surface area contributed by atoms with Crippen molar-refractivity contribution >= 4 is 18.1 Å². The normalized spacial score (nSPS) is 13.9. The molecular formula is C26H34ClN3O4. The summed E-state index contributed by atoms with van der Waals surface area (Å²) >= 11 is 0. The summed E-state index contributed by atoms with van der Waals surface area (Å²) in [6.45, 7) is 5.30. The number of methoxy groups -OCH3 is 3. The Kier molecular flexibility index (Phi) is 9.48. The van der Waals surface area contributed by atoms with Gasteiger partial charge in [-0.2, -0.15) is 0 Å². The molecule has 0 bridgehead atoms. The van der Waals surface area contributed by atoms with Crippen molar-refractivity contribution in [3.05, 3.63) is 54.3 Å². The number of para-hydroxylation sites is 2. The van der Waals surface area contributed by atoms with Crippen LogP contribution >= 0.6 is 12.4 Å². The molecule has 34 heavy (non-hydrogen) atoms. The van der Waals surface area contributed by atoms with Gasteiger partial charge in [-0.25, -0.2) is 0 Å². The van der Waals surface area contributed by atoms with E-state index in [-0.39, 0.29) is 12.4 Å². The summed E-state index contributed by atoms with van der Waals surface area (Å²) in [7, 11) is 5.00. The van der Waals surface area contributed by atoms with Gasteiger partial charge in [0.25, 0.3) is 0 Å². The van der Waals surface area contributed by atoms with Crippen LogP contribution in [0.15, 0.2) is 53.1 Å². The molecule has 0 radical (unpaired) electrons. The minimum absolute atomic E-state index is 0. The molecule has 1 fully saturated rings. The smallest absolute Gasteiger partial charge is 0.161 e. The molecule has 7 nitrogen and oxygen atoms in total. The fraction of sp³-hybridized carbons (Fsp3) is 0.423. The number of halogens is 1. The maximum atomic E-state index is 5.57. The van der Waals surface area contributed by atoms with Gasteiger partial charge in [-0.05, 0) is 49.7 Å². The number of piperazine rings is 1. The van der Waals surface area contributed by atoms with Gasteiger partial charge in [-0.1, -0.05) is 17.3 Å². The van der Waals surface area contributed by atoms with Crippen molar-refractivity contribution in [1.29, 1.82) is 0 Å². The fourth-order valence-corrected chi connectivity index (χ4v) is 4.30. The summed E-state index contributed by atoms with van der Waals surface area (Å²) in [6.07, 6.45) is 3.11. The highest BCUT2D eigenvalue weighted by Crippen LogP contribution is 2.32. The molecular weight excluding hydrogens is 454 g/mol. The number of aromatic nitrogens is 1. The first-order chi connectivity index (χ1) is 16.2. The van der Waals surface area contributed by atoms with Crippen molar-refractivity contribution in [2.75, 3.05) is 59.0 Å². The SMILES string of the molecule is COc1ccc(-c2cc(CCCCN3CCN(c4ccccc4OC)CC3)on2)cc1OC.Cl. The molecule has 1 aromatic heterocycles. The Balaban J connectivity index is 0.00000324. The first kappa shape index (κ1) is 25.7. The zero-order valence-corrected chi connectivity index (χ0v) is 21.0. The average molecular weight is 488 g/mol. The molecule has 1 aliphatic rings. The molecule has 0 aliphatic carbocycles. The van der Waals surface area contributed by atoms with Crippen LogP contribution in [0.4, 0.5) is 5.69 Å². The summed E-state index contributed by atoms with van der Waals surface area (Å²) in [5.74, 6) is 3.25. The van der Waals surface area contributed by atoms with E-state index in [2.05, 4.69) is 27.1 Å². The number of anilines is 1. The molecule has 0 saturated carbocycles. The number of nitrogens with zero attached hydrogens (tertiary/aromatic N) is 3. The Bertz CT molecular complexity index is 1030. The molecule has 1 saturated heterocycles. The second-order valence-corrected chi connectivity index (χ2v) is 8.21. The maximum absolute atomic E-state index is 5.57. The lowest BCUT2D eigenvalue weighted by Gasteiger charge is -2.36. The molecule has 3 aromatic rings. The van der Waals surface area contributed by atoms with Gasteiger partial charge in [0.15, 0.2) is 11.5 Å². The van der Waals surface area contributed by atoms with E-state index in [1.54, 1.807) is 21.3 Å². The molecule has 1 aliphatic heterocycles. The van der Waals surface area contributed by atoms with Crippen LogP contribution in [0.5, 0.6) is 17.2 Å². The van der Waals surface area contributed by atoms with Gasteiger partial charge in [-0.15, -0.1) is 12.4 Å². The summed E-state index contributed by atoms with van der Waals surface area (Å²) in [5, 5.41) is 4.24. The van der Waals surface area contributed by atoms with Crippen LogP contribution in [-0.2, 0) is 6.42 Å². The third-order valence-corrected chi connectivity index (χ3v) is 6.18. The Morgan fingerprint density at radius 1 is 0.824 bits per heavy atom. The molecule has 184 valence electrons. The van der Waals surface area contributed by atoms with Crippen molar-refractivity contribution in [1.82, 2.24) is 10.1 Å². The van der Waals surface area contributed by atoms with Crippen molar-refractivity contribution in [3.63, 3.8) is 0 Å². The Morgan fingerprint density at radius 3 is 2.29 bits per heavy atom. The third kappa shape index (κ3) is 6.15. The first-order valence-electron chi connectivity index (χ1n) is 11.5. The third-order valence-electron chi connectivity index (χ3n) is 6.18. The van der Waals surface area contributed by atoms with E-state index in [9.17, 15) is 0 Å². The van der Waals surface area contributed by atoms with Gasteiger partial charge < -0.3 is 23.6 Å². The minimum atomic E-state index is 0. The first-order valence-corrected chi connectivity index (χ1v) is 11.5. The van der Waals surface area contributed by atoms with E-state index in [4.69, 9.17) is 18.7 Å². The summed E-state index contributed by atoms with van der Waals surface area (Å²) in [4.78, 5) is 4.96. The predicted octanol–water partition coefficient (Wildman–Crippen LogP) is 4.93. The molecule has 0 atom stereocenters. The largest absolute Gasteiger partial charge is 0.495 e. The quantitative estimate of drug-likeness (QED) is 0.375. The number of hydrogen-bond donors (Lipinski definition) is 0. The van der Waals surface area contributed by atoms with E-state index in [0.717, 1.165) is 74.8 Å². The number of benzene rings is 2. The average Bonchev–Trinajstić information content (AvgIpc) is 3.35. The van der Waals surface area contributed by atoms with E-state index >= 15 is 0 Å². The van der Waals surface area contributed by atoms with Crippen molar-refractivity contribution in [3.8, 4) is 28.5 Å². The minimum Gasteiger partial charge on any atom is -0.495 e. The monoisotopic (exact) mass is 487 g/mol. The van der Waals surface area contributed by atoms with Crippen LogP contribution in [0.3, 0.4) is 0 Å². The molecule has 0 unspecified atom stereocenters. The van der Waals surface area contributed by atoms with Gasteiger partial charge in [-0.3, -0.25) is 4.90 Å². The van der Waals surface area contributed by atoms with E-state index < -0.39 is 0 Å². The maximum Gasteiger partial charge on any atom is 0.161 e.